The van der Waals surface area contributed by atoms with Gasteiger partial charge < -0.3 is 24.6 Å². The van der Waals surface area contributed by atoms with Crippen LogP contribution in [0.25, 0.3) is 10.9 Å². The van der Waals surface area contributed by atoms with Crippen molar-refractivity contribution in [3.8, 4) is 5.88 Å². The van der Waals surface area contributed by atoms with Crippen molar-refractivity contribution in [1.29, 1.82) is 0 Å². The lowest BCUT2D eigenvalue weighted by Crippen LogP contribution is -2.36. The van der Waals surface area contributed by atoms with Crippen LogP contribution in [0.2, 0.25) is 0 Å². The summed E-state index contributed by atoms with van der Waals surface area (Å²) in [5.41, 5.74) is 4.22. The third-order valence-electron chi connectivity index (χ3n) is 6.89. The van der Waals surface area contributed by atoms with E-state index >= 15 is 0 Å². The molecule has 10 heteroatoms. The standard InChI is InChI=1S/C30H35N5O4S/c1-34(2)16-6-15-31-40(37,38)25-13-14-27-26(21-25)28(30(36)33-27)29(22-7-4-3-5-8-22)32-23-9-11-24(12-10-23)35-17-19-39-20-18-35/h3-5,7-14,21,31,33,36H,6,15-20H2,1-2H3. The summed E-state index contributed by atoms with van der Waals surface area (Å²) >= 11 is 0. The number of nitrogens with one attached hydrogen (secondary N) is 2. The van der Waals surface area contributed by atoms with Gasteiger partial charge in [0.2, 0.25) is 10.0 Å². The first-order chi connectivity index (χ1) is 19.3. The number of aromatic hydroxyl groups is 1. The zero-order valence-corrected chi connectivity index (χ0v) is 23.6. The molecule has 0 bridgehead atoms. The van der Waals surface area contributed by atoms with Crippen LogP contribution in [0.3, 0.4) is 0 Å². The van der Waals surface area contributed by atoms with Crippen molar-refractivity contribution in [2.24, 2.45) is 4.99 Å². The van der Waals surface area contributed by atoms with Gasteiger partial charge in [-0.25, -0.2) is 18.1 Å². The average molecular weight is 562 g/mol. The van der Waals surface area contributed by atoms with E-state index in [1.807, 2.05) is 73.6 Å². The summed E-state index contributed by atoms with van der Waals surface area (Å²) in [7, 11) is 0.163. The van der Waals surface area contributed by atoms with E-state index in [1.165, 1.54) is 0 Å². The van der Waals surface area contributed by atoms with Gasteiger partial charge in [-0.1, -0.05) is 30.3 Å². The van der Waals surface area contributed by atoms with Gasteiger partial charge in [-0.05, 0) is 69.5 Å². The largest absolute Gasteiger partial charge is 0.494 e. The molecule has 9 nitrogen and oxygen atoms in total. The highest BCUT2D eigenvalue weighted by molar-refractivity contribution is 7.89. The average Bonchev–Trinajstić information content (AvgIpc) is 3.30. The monoisotopic (exact) mass is 561 g/mol. The number of aromatic amines is 1. The van der Waals surface area contributed by atoms with Crippen LogP contribution in [0.15, 0.2) is 82.7 Å². The zero-order chi connectivity index (χ0) is 28.1. The Hall–Kier alpha value is -3.70. The quantitative estimate of drug-likeness (QED) is 0.199. The van der Waals surface area contributed by atoms with Gasteiger partial charge in [0.1, 0.15) is 0 Å². The molecule has 0 spiro atoms. The second-order valence-corrected chi connectivity index (χ2v) is 11.8. The van der Waals surface area contributed by atoms with E-state index in [1.54, 1.807) is 18.2 Å². The van der Waals surface area contributed by atoms with Gasteiger partial charge in [0.25, 0.3) is 0 Å². The summed E-state index contributed by atoms with van der Waals surface area (Å²) in [4.78, 5) is 12.4. The van der Waals surface area contributed by atoms with Crippen LogP contribution in [0.5, 0.6) is 5.88 Å². The van der Waals surface area contributed by atoms with E-state index < -0.39 is 10.0 Å². The highest BCUT2D eigenvalue weighted by Crippen LogP contribution is 2.33. The molecule has 5 rings (SSSR count). The SMILES string of the molecule is CN(C)CCCNS(=O)(=O)c1ccc2[nH]c(O)c(C(=Nc3ccc(N4CCOCC4)cc3)c3ccccc3)c2c1. The molecule has 1 fully saturated rings. The minimum absolute atomic E-state index is 0.0731. The van der Waals surface area contributed by atoms with Gasteiger partial charge >= 0.3 is 0 Å². The molecule has 0 unspecified atom stereocenters. The van der Waals surface area contributed by atoms with Crippen LogP contribution < -0.4 is 9.62 Å². The summed E-state index contributed by atoms with van der Waals surface area (Å²) in [5, 5.41) is 11.6. The minimum atomic E-state index is -3.74. The fourth-order valence-corrected chi connectivity index (χ4v) is 5.90. The van der Waals surface area contributed by atoms with Gasteiger partial charge in [-0.3, -0.25) is 0 Å². The molecule has 0 radical (unpaired) electrons. The predicted molar refractivity (Wildman–Crippen MR) is 160 cm³/mol. The number of hydrogen-bond acceptors (Lipinski definition) is 7. The highest BCUT2D eigenvalue weighted by Gasteiger charge is 2.22. The van der Waals surface area contributed by atoms with Gasteiger partial charge in [0, 0.05) is 41.8 Å². The Labute approximate surface area is 235 Å². The number of morpholine rings is 1. The molecule has 0 aliphatic carbocycles. The van der Waals surface area contributed by atoms with E-state index in [0.717, 1.165) is 36.6 Å². The van der Waals surface area contributed by atoms with Gasteiger partial charge in [-0.2, -0.15) is 0 Å². The normalized spacial score (nSPS) is 14.8. The number of hydrogen-bond donors (Lipinski definition) is 3. The topological polar surface area (TPSA) is 110 Å². The minimum Gasteiger partial charge on any atom is -0.494 e. The molecule has 3 aromatic carbocycles. The molecule has 0 atom stereocenters. The summed E-state index contributed by atoms with van der Waals surface area (Å²) in [6.07, 6.45) is 0.694. The summed E-state index contributed by atoms with van der Waals surface area (Å²) in [5.74, 6) is -0.0731. The van der Waals surface area contributed by atoms with Crippen LogP contribution in [0.4, 0.5) is 11.4 Å². The molecule has 0 amide bonds. The number of fused-ring (bicyclic) bond motifs is 1. The Morgan fingerprint density at radius 3 is 2.48 bits per heavy atom. The van der Waals surface area contributed by atoms with Crippen molar-refractivity contribution in [1.82, 2.24) is 14.6 Å². The first-order valence-electron chi connectivity index (χ1n) is 13.4. The molecule has 2 heterocycles. The Morgan fingerprint density at radius 1 is 1.05 bits per heavy atom. The number of sulfonamides is 1. The lowest BCUT2D eigenvalue weighted by Gasteiger charge is -2.28. The Morgan fingerprint density at radius 2 is 1.77 bits per heavy atom. The number of anilines is 1. The van der Waals surface area contributed by atoms with Crippen molar-refractivity contribution < 1.29 is 18.3 Å². The number of benzene rings is 3. The fourth-order valence-electron chi connectivity index (χ4n) is 4.80. The van der Waals surface area contributed by atoms with E-state index in [2.05, 4.69) is 14.6 Å². The highest BCUT2D eigenvalue weighted by atomic mass is 32.2. The molecule has 1 aliphatic rings. The smallest absolute Gasteiger partial charge is 0.240 e. The summed E-state index contributed by atoms with van der Waals surface area (Å²) < 4.78 is 34.3. The van der Waals surface area contributed by atoms with Crippen molar-refractivity contribution in [3.05, 3.63) is 83.9 Å². The number of H-pyrrole nitrogens is 1. The van der Waals surface area contributed by atoms with Gasteiger partial charge in [-0.15, -0.1) is 0 Å². The van der Waals surface area contributed by atoms with Crippen molar-refractivity contribution in [2.45, 2.75) is 11.3 Å². The molecule has 0 saturated carbocycles. The van der Waals surface area contributed by atoms with Gasteiger partial charge in [0.15, 0.2) is 5.88 Å². The first kappa shape index (κ1) is 27.9. The predicted octanol–water partition coefficient (Wildman–Crippen LogP) is 4.11. The maximum Gasteiger partial charge on any atom is 0.240 e. The van der Waals surface area contributed by atoms with Crippen molar-refractivity contribution in [3.63, 3.8) is 0 Å². The van der Waals surface area contributed by atoms with E-state index in [0.29, 0.717) is 48.4 Å². The van der Waals surface area contributed by atoms with Crippen LogP contribution in [-0.4, -0.2) is 82.6 Å². The maximum atomic E-state index is 13.1. The Bertz CT molecular complexity index is 1580. The molecule has 40 heavy (non-hydrogen) atoms. The molecular weight excluding hydrogens is 526 g/mol. The number of nitrogens with zero attached hydrogens (tertiary/aromatic N) is 3. The lowest BCUT2D eigenvalue weighted by atomic mass is 10.0. The second-order valence-electron chi connectivity index (χ2n) is 10.1. The Balaban J connectivity index is 1.53. The van der Waals surface area contributed by atoms with Crippen LogP contribution in [-0.2, 0) is 14.8 Å². The van der Waals surface area contributed by atoms with E-state index in [9.17, 15) is 13.5 Å². The zero-order valence-electron chi connectivity index (χ0n) is 22.8. The lowest BCUT2D eigenvalue weighted by molar-refractivity contribution is 0.122. The first-order valence-corrected chi connectivity index (χ1v) is 14.9. The Kier molecular flexibility index (Phi) is 8.51. The van der Waals surface area contributed by atoms with Crippen LogP contribution >= 0.6 is 0 Å². The van der Waals surface area contributed by atoms with E-state index in [-0.39, 0.29) is 10.8 Å². The summed E-state index contributed by atoms with van der Waals surface area (Å²) in [6.45, 7) is 4.22. The molecule has 3 N–H and O–H groups in total. The van der Waals surface area contributed by atoms with Crippen LogP contribution in [0, 0.1) is 0 Å². The number of ether oxygens (including phenoxy) is 1. The maximum absolute atomic E-state index is 13.1. The van der Waals surface area contributed by atoms with Crippen LogP contribution in [0.1, 0.15) is 17.5 Å². The molecule has 1 aromatic heterocycles. The van der Waals surface area contributed by atoms with Gasteiger partial charge in [0.05, 0.1) is 35.1 Å². The fraction of sp³-hybridized carbons (Fsp3) is 0.300. The molecule has 210 valence electrons. The number of aliphatic imine (C=N–C) groups is 1. The molecular formula is C30H35N5O4S. The van der Waals surface area contributed by atoms with Crippen molar-refractivity contribution in [2.75, 3.05) is 58.4 Å². The second kappa shape index (κ2) is 12.2. The molecule has 4 aromatic rings. The third kappa shape index (κ3) is 6.37. The molecule has 1 aliphatic heterocycles. The summed E-state index contributed by atoms with van der Waals surface area (Å²) in [6, 6.07) is 22.4. The van der Waals surface area contributed by atoms with E-state index in [4.69, 9.17) is 9.73 Å². The van der Waals surface area contributed by atoms with Crippen molar-refractivity contribution >= 4 is 38.0 Å². The number of aromatic nitrogens is 1. The number of rotatable bonds is 10. The molecule has 1 saturated heterocycles. The third-order valence-corrected chi connectivity index (χ3v) is 8.34.